The van der Waals surface area contributed by atoms with Crippen LogP contribution in [0.1, 0.15) is 77.5 Å². The minimum atomic E-state index is 0.00290. The van der Waals surface area contributed by atoms with Crippen molar-refractivity contribution < 1.29 is 9.26 Å². The molecule has 1 saturated carbocycles. The SMILES string of the molecule is CC.CC.CC(C)Oc1ccc(-c2nc(-c3cccc4c3CCC4)no2)cc1C#N.NSC1CC1. The first-order chi connectivity index (χ1) is 17.1. The fourth-order valence-electron chi connectivity index (χ4n) is 3.59. The molecule has 35 heavy (non-hydrogen) atoms. The molecule has 0 saturated heterocycles. The zero-order chi connectivity index (χ0) is 25.8. The van der Waals surface area contributed by atoms with Crippen LogP contribution in [0.4, 0.5) is 0 Å². The van der Waals surface area contributed by atoms with Gasteiger partial charge in [0, 0.05) is 16.4 Å². The Morgan fingerprint density at radius 3 is 2.46 bits per heavy atom. The van der Waals surface area contributed by atoms with Crippen molar-refractivity contribution in [2.75, 3.05) is 0 Å². The number of aryl methyl sites for hydroxylation is 1. The van der Waals surface area contributed by atoms with E-state index in [1.165, 1.54) is 42.3 Å². The number of nitriles is 1. The maximum atomic E-state index is 9.40. The highest BCUT2D eigenvalue weighted by molar-refractivity contribution is 7.97. The van der Waals surface area contributed by atoms with Gasteiger partial charge in [-0.15, -0.1) is 0 Å². The predicted molar refractivity (Wildman–Crippen MR) is 145 cm³/mol. The van der Waals surface area contributed by atoms with E-state index in [0.29, 0.717) is 28.6 Å². The zero-order valence-electron chi connectivity index (χ0n) is 21.8. The number of hydrogen-bond acceptors (Lipinski definition) is 7. The molecule has 0 amide bonds. The molecule has 1 heterocycles. The maximum Gasteiger partial charge on any atom is 0.258 e. The third-order valence-electron chi connectivity index (χ3n) is 5.24. The third kappa shape index (κ3) is 7.84. The van der Waals surface area contributed by atoms with E-state index in [1.54, 1.807) is 12.1 Å². The van der Waals surface area contributed by atoms with Crippen molar-refractivity contribution >= 4 is 11.9 Å². The zero-order valence-corrected chi connectivity index (χ0v) is 22.6. The molecule has 6 nitrogen and oxygen atoms in total. The van der Waals surface area contributed by atoms with Gasteiger partial charge in [-0.25, -0.2) is 0 Å². The molecule has 0 atom stereocenters. The van der Waals surface area contributed by atoms with Crippen molar-refractivity contribution in [3.05, 3.63) is 53.1 Å². The van der Waals surface area contributed by atoms with Crippen LogP contribution in [0.25, 0.3) is 22.8 Å². The normalized spacial score (nSPS) is 13.2. The quantitative estimate of drug-likeness (QED) is 0.370. The van der Waals surface area contributed by atoms with E-state index in [2.05, 4.69) is 22.3 Å². The van der Waals surface area contributed by atoms with Crippen LogP contribution in [0, 0.1) is 11.3 Å². The summed E-state index contributed by atoms with van der Waals surface area (Å²) in [5.74, 6) is 1.56. The minimum Gasteiger partial charge on any atom is -0.490 e. The number of nitrogens with zero attached hydrogens (tertiary/aromatic N) is 3. The molecular formula is C28H38N4O2S. The maximum absolute atomic E-state index is 9.40. The summed E-state index contributed by atoms with van der Waals surface area (Å²) in [5.41, 5.74) is 4.89. The Bertz CT molecular complexity index is 1100. The molecule has 2 aromatic carbocycles. The van der Waals surface area contributed by atoms with Crippen molar-refractivity contribution in [1.29, 1.82) is 5.26 Å². The van der Waals surface area contributed by atoms with Gasteiger partial charge in [0.1, 0.15) is 11.8 Å². The Hall–Kier alpha value is -2.82. The van der Waals surface area contributed by atoms with Crippen molar-refractivity contribution in [3.63, 3.8) is 0 Å². The summed E-state index contributed by atoms with van der Waals surface area (Å²) in [7, 11) is 0. The van der Waals surface area contributed by atoms with Crippen LogP contribution in [0.5, 0.6) is 5.75 Å². The average molecular weight is 495 g/mol. The number of nitrogens with two attached hydrogens (primary N) is 1. The van der Waals surface area contributed by atoms with Gasteiger partial charge in [-0.1, -0.05) is 63.0 Å². The molecule has 1 aromatic heterocycles. The molecule has 0 spiro atoms. The van der Waals surface area contributed by atoms with E-state index in [1.807, 2.05) is 59.7 Å². The lowest BCUT2D eigenvalue weighted by Gasteiger charge is -2.11. The molecule has 0 radical (unpaired) electrons. The highest BCUT2D eigenvalue weighted by Crippen LogP contribution is 2.33. The Morgan fingerprint density at radius 2 is 1.86 bits per heavy atom. The smallest absolute Gasteiger partial charge is 0.258 e. The lowest BCUT2D eigenvalue weighted by molar-refractivity contribution is 0.241. The summed E-state index contributed by atoms with van der Waals surface area (Å²) in [5, 5.41) is 19.5. The van der Waals surface area contributed by atoms with Crippen LogP contribution in [-0.2, 0) is 12.8 Å². The fraction of sp³-hybridized carbons (Fsp3) is 0.464. The highest BCUT2D eigenvalue weighted by Gasteiger charge is 2.20. The van der Waals surface area contributed by atoms with Crippen molar-refractivity contribution in [2.24, 2.45) is 5.14 Å². The van der Waals surface area contributed by atoms with E-state index in [0.717, 1.165) is 23.7 Å². The van der Waals surface area contributed by atoms with Gasteiger partial charge in [0.25, 0.3) is 5.89 Å². The van der Waals surface area contributed by atoms with Gasteiger partial charge >= 0.3 is 0 Å². The van der Waals surface area contributed by atoms with Crippen LogP contribution < -0.4 is 9.88 Å². The van der Waals surface area contributed by atoms with Crippen LogP contribution in [-0.4, -0.2) is 21.5 Å². The second-order valence-corrected chi connectivity index (χ2v) is 8.98. The first kappa shape index (κ1) is 28.4. The fourth-order valence-corrected chi connectivity index (χ4v) is 4.00. The van der Waals surface area contributed by atoms with Gasteiger partial charge in [0.15, 0.2) is 0 Å². The Kier molecular flexibility index (Phi) is 11.8. The number of rotatable bonds is 5. The van der Waals surface area contributed by atoms with Crippen molar-refractivity contribution in [3.8, 4) is 34.7 Å². The summed E-state index contributed by atoms with van der Waals surface area (Å²) in [4.78, 5) is 4.57. The van der Waals surface area contributed by atoms with Crippen molar-refractivity contribution in [1.82, 2.24) is 10.1 Å². The van der Waals surface area contributed by atoms with Gasteiger partial charge in [-0.2, -0.15) is 10.2 Å². The molecule has 7 heteroatoms. The summed E-state index contributed by atoms with van der Waals surface area (Å²) < 4.78 is 11.1. The molecule has 2 N–H and O–H groups in total. The molecule has 3 aromatic rings. The summed E-state index contributed by atoms with van der Waals surface area (Å²) in [6.45, 7) is 11.9. The molecule has 1 fully saturated rings. The lowest BCUT2D eigenvalue weighted by Crippen LogP contribution is -2.06. The minimum absolute atomic E-state index is 0.00290. The molecule has 0 aliphatic heterocycles. The highest BCUT2D eigenvalue weighted by atomic mass is 32.2. The molecule has 2 aliphatic rings. The van der Waals surface area contributed by atoms with Crippen LogP contribution >= 0.6 is 11.9 Å². The van der Waals surface area contributed by atoms with Crippen LogP contribution in [0.2, 0.25) is 0 Å². The molecule has 2 aliphatic carbocycles. The lowest BCUT2D eigenvalue weighted by atomic mass is 10.0. The number of aromatic nitrogens is 2. The second-order valence-electron chi connectivity index (χ2n) is 8.04. The molecule has 0 bridgehead atoms. The molecule has 5 rings (SSSR count). The first-order valence-corrected chi connectivity index (χ1v) is 13.5. The second kappa shape index (κ2) is 14.6. The Morgan fingerprint density at radius 1 is 1.11 bits per heavy atom. The van der Waals surface area contributed by atoms with E-state index < -0.39 is 0 Å². The topological polar surface area (TPSA) is 98.0 Å². The average Bonchev–Trinajstić information content (AvgIpc) is 3.40. The standard InChI is InChI=1S/C21H19N3O2.C3H7NS.2C2H6/c1-13(2)25-19-10-9-15(11-16(19)12-22)21-23-20(24-26-21)18-8-4-6-14-5-3-7-17(14)18;4-5-3-1-2-3;2*1-2/h4,6,8-11,13H,3,5,7H2,1-2H3;3H,1-2,4H2;2*1-2H3. The van der Waals surface area contributed by atoms with Gasteiger partial charge in [-0.05, 0) is 75.3 Å². The summed E-state index contributed by atoms with van der Waals surface area (Å²) in [6.07, 6.45) is 6.02. The molecule has 0 unspecified atom stereocenters. The number of fused-ring (bicyclic) bond motifs is 1. The van der Waals surface area contributed by atoms with Gasteiger partial charge < -0.3 is 9.26 Å². The monoisotopic (exact) mass is 494 g/mol. The van der Waals surface area contributed by atoms with E-state index in [9.17, 15) is 5.26 Å². The predicted octanol–water partition coefficient (Wildman–Crippen LogP) is 7.36. The number of hydrogen-bond donors (Lipinski definition) is 1. The van der Waals surface area contributed by atoms with Gasteiger partial charge in [0.2, 0.25) is 5.82 Å². The Labute approximate surface area is 214 Å². The van der Waals surface area contributed by atoms with E-state index in [-0.39, 0.29) is 6.10 Å². The molecular weight excluding hydrogens is 456 g/mol. The van der Waals surface area contributed by atoms with E-state index >= 15 is 0 Å². The van der Waals surface area contributed by atoms with Crippen molar-refractivity contribution in [2.45, 2.75) is 85.0 Å². The molecule has 188 valence electrons. The number of ether oxygens (including phenoxy) is 1. The first-order valence-electron chi connectivity index (χ1n) is 12.6. The summed E-state index contributed by atoms with van der Waals surface area (Å²) in [6, 6.07) is 13.8. The van der Waals surface area contributed by atoms with Crippen LogP contribution in [0.15, 0.2) is 40.9 Å². The summed E-state index contributed by atoms with van der Waals surface area (Å²) >= 11 is 1.49. The van der Waals surface area contributed by atoms with Crippen LogP contribution in [0.3, 0.4) is 0 Å². The van der Waals surface area contributed by atoms with Gasteiger partial charge in [0.05, 0.1) is 11.7 Å². The number of benzene rings is 2. The van der Waals surface area contributed by atoms with Gasteiger partial charge in [-0.3, -0.25) is 5.14 Å². The Balaban J connectivity index is 0.000000414. The largest absolute Gasteiger partial charge is 0.490 e. The third-order valence-corrected chi connectivity index (χ3v) is 6.10. The van der Waals surface area contributed by atoms with E-state index in [4.69, 9.17) is 14.4 Å².